The zero-order valence-corrected chi connectivity index (χ0v) is 24.8. The molecular weight excluding hydrogens is 618 g/mol. The average molecular weight is 644 g/mol. The molecule has 6 rings (SSSR count). The predicted molar refractivity (Wildman–Crippen MR) is 171 cm³/mol. The van der Waals surface area contributed by atoms with Crippen LogP contribution in [0.15, 0.2) is 114 Å². The molecule has 232 valence electrons. The Balaban J connectivity index is 1.07. The molecule has 6 aromatic rings. The lowest BCUT2D eigenvalue weighted by Gasteiger charge is -2.15. The third kappa shape index (κ3) is 6.48. The van der Waals surface area contributed by atoms with E-state index in [2.05, 4.69) is 23.5 Å². The molecule has 5 nitrogen and oxygen atoms in total. The lowest BCUT2D eigenvalue weighted by Crippen LogP contribution is -2.42. The topological polar surface area (TPSA) is 79.5 Å². The van der Waals surface area contributed by atoms with E-state index in [0.717, 1.165) is 49.8 Å². The van der Waals surface area contributed by atoms with Crippen molar-refractivity contribution in [3.05, 3.63) is 132 Å². The number of para-hydroxylation sites is 2. The molecule has 2 N–H and O–H groups in total. The monoisotopic (exact) mass is 643 g/mol. The molecule has 0 saturated heterocycles. The van der Waals surface area contributed by atoms with Gasteiger partial charge >= 0.3 is 12.1 Å². The SMILES string of the molecule is O=C(N[C@@H](CSCc1ccc(-c2ccc(-c3cccc4c3oc3ccccc34)cc2)cc1)C(=O)O)c1ccc(C(F)(F)F)cc1F. The molecule has 0 aliphatic heterocycles. The number of carboxylic acid groups (broad SMARTS) is 1. The lowest BCUT2D eigenvalue weighted by molar-refractivity contribution is -0.139. The Labute approximate surface area is 264 Å². The van der Waals surface area contributed by atoms with E-state index in [1.54, 1.807) is 0 Å². The summed E-state index contributed by atoms with van der Waals surface area (Å²) in [6.07, 6.45) is -4.77. The van der Waals surface area contributed by atoms with Crippen molar-refractivity contribution in [3.8, 4) is 22.3 Å². The molecule has 1 heterocycles. The molecule has 5 aromatic carbocycles. The van der Waals surface area contributed by atoms with Crippen LogP contribution in [0.4, 0.5) is 17.6 Å². The van der Waals surface area contributed by atoms with Crippen molar-refractivity contribution in [3.63, 3.8) is 0 Å². The van der Waals surface area contributed by atoms with Crippen LogP contribution in [-0.4, -0.2) is 28.8 Å². The maximum Gasteiger partial charge on any atom is 0.416 e. The number of fused-ring (bicyclic) bond motifs is 3. The molecule has 0 bridgehead atoms. The molecule has 0 spiro atoms. The number of rotatable bonds is 9. The van der Waals surface area contributed by atoms with E-state index in [4.69, 9.17) is 4.42 Å². The maximum absolute atomic E-state index is 14.2. The molecule has 10 heteroatoms. The van der Waals surface area contributed by atoms with Gasteiger partial charge in [0.15, 0.2) is 0 Å². The van der Waals surface area contributed by atoms with Gasteiger partial charge in [0, 0.05) is 27.8 Å². The second-order valence-electron chi connectivity index (χ2n) is 10.6. The van der Waals surface area contributed by atoms with E-state index in [9.17, 15) is 32.3 Å². The summed E-state index contributed by atoms with van der Waals surface area (Å²) in [7, 11) is 0. The first kappa shape index (κ1) is 30.9. The molecule has 0 aliphatic carbocycles. The largest absolute Gasteiger partial charge is 0.480 e. The molecule has 1 amide bonds. The molecule has 0 aliphatic rings. The van der Waals surface area contributed by atoms with Crippen molar-refractivity contribution in [1.29, 1.82) is 0 Å². The van der Waals surface area contributed by atoms with Crippen molar-refractivity contribution in [2.45, 2.75) is 18.0 Å². The molecule has 1 atom stereocenters. The predicted octanol–water partition coefficient (Wildman–Crippen LogP) is 9.19. The quantitative estimate of drug-likeness (QED) is 0.154. The fourth-order valence-electron chi connectivity index (χ4n) is 5.19. The fraction of sp³-hybridized carbons (Fsp3) is 0.111. The van der Waals surface area contributed by atoms with Gasteiger partial charge in [-0.3, -0.25) is 4.79 Å². The Morgan fingerprint density at radius 1 is 0.804 bits per heavy atom. The van der Waals surface area contributed by atoms with E-state index in [1.807, 2.05) is 72.8 Å². The number of furan rings is 1. The number of aliphatic carboxylic acids is 1. The van der Waals surface area contributed by atoms with Gasteiger partial charge < -0.3 is 14.8 Å². The first-order valence-corrected chi connectivity index (χ1v) is 15.3. The van der Waals surface area contributed by atoms with Crippen LogP contribution < -0.4 is 5.32 Å². The van der Waals surface area contributed by atoms with Crippen LogP contribution in [-0.2, 0) is 16.7 Å². The first-order valence-electron chi connectivity index (χ1n) is 14.2. The summed E-state index contributed by atoms with van der Waals surface area (Å²) in [4.78, 5) is 24.2. The maximum atomic E-state index is 14.2. The highest BCUT2D eigenvalue weighted by molar-refractivity contribution is 7.98. The summed E-state index contributed by atoms with van der Waals surface area (Å²) in [6, 6.07) is 30.2. The van der Waals surface area contributed by atoms with Crippen molar-refractivity contribution >= 4 is 45.6 Å². The van der Waals surface area contributed by atoms with Crippen LogP contribution in [0, 0.1) is 5.82 Å². The molecule has 0 radical (unpaired) electrons. The Morgan fingerprint density at radius 3 is 2.13 bits per heavy atom. The van der Waals surface area contributed by atoms with Crippen molar-refractivity contribution in [1.82, 2.24) is 5.32 Å². The molecule has 46 heavy (non-hydrogen) atoms. The Bertz CT molecular complexity index is 2050. The van der Waals surface area contributed by atoms with Gasteiger partial charge in [-0.2, -0.15) is 24.9 Å². The third-order valence-corrected chi connectivity index (χ3v) is 8.69. The van der Waals surface area contributed by atoms with Gasteiger partial charge in [-0.05, 0) is 46.5 Å². The molecule has 1 aromatic heterocycles. The van der Waals surface area contributed by atoms with Crippen LogP contribution in [0.1, 0.15) is 21.5 Å². The number of carbonyl (C=O) groups is 2. The highest BCUT2D eigenvalue weighted by Gasteiger charge is 2.32. The smallest absolute Gasteiger partial charge is 0.416 e. The van der Waals surface area contributed by atoms with Crippen LogP contribution in [0.25, 0.3) is 44.2 Å². The number of hydrogen-bond acceptors (Lipinski definition) is 4. The standard InChI is InChI=1S/C36H25F4NO4S/c37-30-18-25(36(38,39)40)16-17-29(30)34(42)41-31(35(43)44)20-46-19-21-8-10-22(11-9-21)23-12-14-24(15-13-23)26-5-3-6-28-27-4-1-2-7-32(27)45-33(26)28/h1-18,31H,19-20H2,(H,41,42)(H,43,44)/t31-/m0/s1. The summed E-state index contributed by atoms with van der Waals surface area (Å²) >= 11 is 1.25. The van der Waals surface area contributed by atoms with Gasteiger partial charge in [0.1, 0.15) is 23.0 Å². The minimum atomic E-state index is -4.77. The van der Waals surface area contributed by atoms with Crippen molar-refractivity contribution < 1.29 is 36.7 Å². The van der Waals surface area contributed by atoms with Gasteiger partial charge in [-0.15, -0.1) is 0 Å². The van der Waals surface area contributed by atoms with Crippen molar-refractivity contribution in [2.24, 2.45) is 0 Å². The number of benzene rings is 5. The lowest BCUT2D eigenvalue weighted by atomic mass is 9.98. The highest BCUT2D eigenvalue weighted by Crippen LogP contribution is 2.36. The summed E-state index contributed by atoms with van der Waals surface area (Å²) in [5.41, 5.74) is 4.75. The summed E-state index contributed by atoms with van der Waals surface area (Å²) in [5.74, 6) is -3.44. The second kappa shape index (κ2) is 12.7. The van der Waals surface area contributed by atoms with E-state index in [0.29, 0.717) is 17.9 Å². The van der Waals surface area contributed by atoms with Gasteiger partial charge in [-0.1, -0.05) is 84.9 Å². The van der Waals surface area contributed by atoms with E-state index >= 15 is 0 Å². The summed E-state index contributed by atoms with van der Waals surface area (Å²) in [6.45, 7) is 0. The minimum Gasteiger partial charge on any atom is -0.480 e. The average Bonchev–Trinajstić information content (AvgIpc) is 3.43. The number of alkyl halides is 3. The van der Waals surface area contributed by atoms with Crippen LogP contribution in [0.3, 0.4) is 0 Å². The number of carbonyl (C=O) groups excluding carboxylic acids is 1. The molecule has 0 saturated carbocycles. The molecular formula is C36H25F4NO4S. The van der Waals surface area contributed by atoms with Gasteiger partial charge in [0.2, 0.25) is 0 Å². The van der Waals surface area contributed by atoms with Gasteiger partial charge in [-0.25, -0.2) is 9.18 Å². The highest BCUT2D eigenvalue weighted by atomic mass is 32.2. The summed E-state index contributed by atoms with van der Waals surface area (Å²) < 4.78 is 58.8. The Morgan fingerprint density at radius 2 is 1.46 bits per heavy atom. The number of halogens is 4. The van der Waals surface area contributed by atoms with Gasteiger partial charge in [0.05, 0.1) is 11.1 Å². The van der Waals surface area contributed by atoms with E-state index in [1.165, 1.54) is 11.8 Å². The number of nitrogens with one attached hydrogen (secondary N) is 1. The zero-order chi connectivity index (χ0) is 32.4. The third-order valence-electron chi connectivity index (χ3n) is 7.59. The van der Waals surface area contributed by atoms with Crippen LogP contribution in [0.5, 0.6) is 0 Å². The number of amides is 1. The minimum absolute atomic E-state index is 0.0372. The Hall–Kier alpha value is -5.09. The number of hydrogen-bond donors (Lipinski definition) is 2. The second-order valence-corrected chi connectivity index (χ2v) is 11.7. The molecule has 0 fully saturated rings. The van der Waals surface area contributed by atoms with Crippen LogP contribution >= 0.6 is 11.8 Å². The number of thioether (sulfide) groups is 1. The fourth-order valence-corrected chi connectivity index (χ4v) is 6.20. The van der Waals surface area contributed by atoms with E-state index < -0.39 is 41.0 Å². The molecule has 0 unspecified atom stereocenters. The first-order chi connectivity index (χ1) is 22.1. The zero-order valence-electron chi connectivity index (χ0n) is 24.0. The van der Waals surface area contributed by atoms with Crippen molar-refractivity contribution in [2.75, 3.05) is 5.75 Å². The van der Waals surface area contributed by atoms with Gasteiger partial charge in [0.25, 0.3) is 5.91 Å². The number of carboxylic acids is 1. The normalized spacial score (nSPS) is 12.3. The Kier molecular flexibility index (Phi) is 8.55. The van der Waals surface area contributed by atoms with Crippen LogP contribution in [0.2, 0.25) is 0 Å². The van der Waals surface area contributed by atoms with E-state index in [-0.39, 0.29) is 11.8 Å². The summed E-state index contributed by atoms with van der Waals surface area (Å²) in [5, 5.41) is 13.9.